The van der Waals surface area contributed by atoms with E-state index in [1.165, 1.54) is 24.1 Å². The predicted octanol–water partition coefficient (Wildman–Crippen LogP) is 4.07. The van der Waals surface area contributed by atoms with E-state index in [9.17, 15) is 0 Å². The molecule has 1 saturated heterocycles. The summed E-state index contributed by atoms with van der Waals surface area (Å²) in [5.41, 5.74) is 2.45. The first-order chi connectivity index (χ1) is 9.11. The second-order valence-electron chi connectivity index (χ2n) is 5.74. The van der Waals surface area contributed by atoms with E-state index in [0.717, 1.165) is 30.6 Å². The summed E-state index contributed by atoms with van der Waals surface area (Å²) in [4.78, 5) is 2.46. The molecule has 1 aliphatic heterocycles. The lowest BCUT2D eigenvalue weighted by molar-refractivity contribution is 0.378. The Morgan fingerprint density at radius 2 is 2.16 bits per heavy atom. The molecular weight excluding hydrogens is 256 g/mol. The standard InChI is InChI=1S/C16H25ClN2/c1-4-18-11-14-5-6-16(15(17)10-14)19-8-7-12(2)9-13(19)3/h5-6,10,12-13,18H,4,7-9,11H2,1-3H3. The van der Waals surface area contributed by atoms with E-state index in [4.69, 9.17) is 11.6 Å². The number of hydrogen-bond acceptors (Lipinski definition) is 2. The highest BCUT2D eigenvalue weighted by Crippen LogP contribution is 2.33. The van der Waals surface area contributed by atoms with Gasteiger partial charge in [0.15, 0.2) is 0 Å². The smallest absolute Gasteiger partial charge is 0.0642 e. The molecule has 1 heterocycles. The SMILES string of the molecule is CCNCc1ccc(N2CCC(C)CC2C)c(Cl)c1. The Morgan fingerprint density at radius 3 is 2.79 bits per heavy atom. The number of hydrogen-bond donors (Lipinski definition) is 1. The van der Waals surface area contributed by atoms with Crippen LogP contribution in [0.2, 0.25) is 5.02 Å². The maximum atomic E-state index is 6.47. The van der Waals surface area contributed by atoms with E-state index in [0.29, 0.717) is 6.04 Å². The monoisotopic (exact) mass is 280 g/mol. The molecule has 1 N–H and O–H groups in total. The van der Waals surface area contributed by atoms with Gasteiger partial charge in [-0.05, 0) is 49.9 Å². The average molecular weight is 281 g/mol. The van der Waals surface area contributed by atoms with Crippen LogP contribution in [0.1, 0.15) is 39.2 Å². The highest BCUT2D eigenvalue weighted by atomic mass is 35.5. The average Bonchev–Trinajstić information content (AvgIpc) is 2.37. The van der Waals surface area contributed by atoms with Gasteiger partial charge in [0.2, 0.25) is 0 Å². The van der Waals surface area contributed by atoms with Crippen LogP contribution in [0.3, 0.4) is 0 Å². The quantitative estimate of drug-likeness (QED) is 0.894. The molecule has 0 bridgehead atoms. The van der Waals surface area contributed by atoms with Crippen LogP contribution in [0.25, 0.3) is 0 Å². The van der Waals surface area contributed by atoms with Crippen molar-refractivity contribution in [1.82, 2.24) is 5.32 Å². The van der Waals surface area contributed by atoms with E-state index in [2.05, 4.69) is 49.2 Å². The summed E-state index contributed by atoms with van der Waals surface area (Å²) >= 11 is 6.47. The van der Waals surface area contributed by atoms with Crippen molar-refractivity contribution in [3.05, 3.63) is 28.8 Å². The highest BCUT2D eigenvalue weighted by molar-refractivity contribution is 6.33. The molecule has 1 aromatic carbocycles. The van der Waals surface area contributed by atoms with Crippen LogP contribution in [0.4, 0.5) is 5.69 Å². The zero-order valence-electron chi connectivity index (χ0n) is 12.2. The fourth-order valence-electron chi connectivity index (χ4n) is 2.93. The number of piperidine rings is 1. The normalized spacial score (nSPS) is 23.7. The summed E-state index contributed by atoms with van der Waals surface area (Å²) in [6.45, 7) is 9.76. The van der Waals surface area contributed by atoms with Crippen LogP contribution in [-0.2, 0) is 6.54 Å². The third kappa shape index (κ3) is 3.64. The summed E-state index contributed by atoms with van der Waals surface area (Å²) in [6, 6.07) is 7.06. The number of halogens is 1. The summed E-state index contributed by atoms with van der Waals surface area (Å²) in [5.74, 6) is 0.832. The Kier molecular flexibility index (Phi) is 5.12. The fourth-order valence-corrected chi connectivity index (χ4v) is 3.24. The Morgan fingerprint density at radius 1 is 1.37 bits per heavy atom. The van der Waals surface area contributed by atoms with Gasteiger partial charge in [-0.2, -0.15) is 0 Å². The van der Waals surface area contributed by atoms with Gasteiger partial charge in [-0.1, -0.05) is 31.5 Å². The number of anilines is 1. The van der Waals surface area contributed by atoms with Gasteiger partial charge in [-0.15, -0.1) is 0 Å². The van der Waals surface area contributed by atoms with Crippen molar-refractivity contribution in [2.75, 3.05) is 18.0 Å². The van der Waals surface area contributed by atoms with Gasteiger partial charge >= 0.3 is 0 Å². The number of nitrogens with one attached hydrogen (secondary N) is 1. The van der Waals surface area contributed by atoms with Crippen molar-refractivity contribution >= 4 is 17.3 Å². The summed E-state index contributed by atoms with van der Waals surface area (Å²) in [5, 5.41) is 4.22. The molecule has 0 radical (unpaired) electrons. The molecule has 0 aromatic heterocycles. The fraction of sp³-hybridized carbons (Fsp3) is 0.625. The zero-order chi connectivity index (χ0) is 13.8. The lowest BCUT2D eigenvalue weighted by Gasteiger charge is -2.38. The molecule has 19 heavy (non-hydrogen) atoms. The largest absolute Gasteiger partial charge is 0.368 e. The van der Waals surface area contributed by atoms with Crippen molar-refractivity contribution in [3.8, 4) is 0 Å². The topological polar surface area (TPSA) is 15.3 Å². The van der Waals surface area contributed by atoms with Crippen LogP contribution in [-0.4, -0.2) is 19.1 Å². The first kappa shape index (κ1) is 14.7. The van der Waals surface area contributed by atoms with Crippen LogP contribution >= 0.6 is 11.6 Å². The molecule has 0 saturated carbocycles. The molecule has 1 aromatic rings. The Labute approximate surface area is 122 Å². The maximum absolute atomic E-state index is 6.47. The molecule has 2 nitrogen and oxygen atoms in total. The molecule has 106 valence electrons. The van der Waals surface area contributed by atoms with Crippen LogP contribution < -0.4 is 10.2 Å². The Hall–Kier alpha value is -0.730. The van der Waals surface area contributed by atoms with E-state index < -0.39 is 0 Å². The van der Waals surface area contributed by atoms with Crippen LogP contribution in [0.15, 0.2) is 18.2 Å². The number of rotatable bonds is 4. The van der Waals surface area contributed by atoms with E-state index >= 15 is 0 Å². The van der Waals surface area contributed by atoms with Gasteiger partial charge < -0.3 is 10.2 Å². The Bertz CT molecular complexity index is 419. The summed E-state index contributed by atoms with van der Waals surface area (Å²) in [7, 11) is 0. The van der Waals surface area contributed by atoms with Crippen LogP contribution in [0, 0.1) is 5.92 Å². The second-order valence-corrected chi connectivity index (χ2v) is 6.15. The highest BCUT2D eigenvalue weighted by Gasteiger charge is 2.24. The number of nitrogens with zero attached hydrogens (tertiary/aromatic N) is 1. The second kappa shape index (κ2) is 6.62. The van der Waals surface area contributed by atoms with Gasteiger partial charge in [0, 0.05) is 19.1 Å². The van der Waals surface area contributed by atoms with Crippen LogP contribution in [0.5, 0.6) is 0 Å². The lowest BCUT2D eigenvalue weighted by atomic mass is 9.93. The zero-order valence-corrected chi connectivity index (χ0v) is 13.0. The van der Waals surface area contributed by atoms with Crippen molar-refractivity contribution in [1.29, 1.82) is 0 Å². The first-order valence-electron chi connectivity index (χ1n) is 7.37. The summed E-state index contributed by atoms with van der Waals surface area (Å²) < 4.78 is 0. The van der Waals surface area contributed by atoms with Crippen molar-refractivity contribution < 1.29 is 0 Å². The van der Waals surface area contributed by atoms with Gasteiger partial charge in [-0.3, -0.25) is 0 Å². The lowest BCUT2D eigenvalue weighted by Crippen LogP contribution is -2.40. The minimum absolute atomic E-state index is 0.584. The molecule has 1 fully saturated rings. The van der Waals surface area contributed by atoms with Gasteiger partial charge in [-0.25, -0.2) is 0 Å². The third-order valence-corrected chi connectivity index (χ3v) is 4.34. The molecule has 0 aliphatic carbocycles. The minimum atomic E-state index is 0.584. The first-order valence-corrected chi connectivity index (χ1v) is 7.75. The molecule has 3 heteroatoms. The maximum Gasteiger partial charge on any atom is 0.0642 e. The van der Waals surface area contributed by atoms with E-state index in [1.807, 2.05) is 0 Å². The molecule has 1 aliphatic rings. The molecule has 2 rings (SSSR count). The third-order valence-electron chi connectivity index (χ3n) is 4.04. The van der Waals surface area contributed by atoms with Gasteiger partial charge in [0.05, 0.1) is 10.7 Å². The molecule has 2 unspecified atom stereocenters. The van der Waals surface area contributed by atoms with Crippen molar-refractivity contribution in [2.45, 2.75) is 46.2 Å². The van der Waals surface area contributed by atoms with Gasteiger partial charge in [0.1, 0.15) is 0 Å². The minimum Gasteiger partial charge on any atom is -0.368 e. The molecule has 2 atom stereocenters. The molecular formula is C16H25ClN2. The van der Waals surface area contributed by atoms with Crippen molar-refractivity contribution in [3.63, 3.8) is 0 Å². The van der Waals surface area contributed by atoms with E-state index in [1.54, 1.807) is 0 Å². The van der Waals surface area contributed by atoms with Crippen molar-refractivity contribution in [2.24, 2.45) is 5.92 Å². The number of benzene rings is 1. The summed E-state index contributed by atoms with van der Waals surface area (Å²) in [6.07, 6.45) is 2.52. The predicted molar refractivity (Wildman–Crippen MR) is 84.0 cm³/mol. The molecule has 0 amide bonds. The Balaban J connectivity index is 2.12. The van der Waals surface area contributed by atoms with Gasteiger partial charge in [0.25, 0.3) is 0 Å². The molecule has 0 spiro atoms. The van der Waals surface area contributed by atoms with E-state index in [-0.39, 0.29) is 0 Å².